The van der Waals surface area contributed by atoms with Crippen molar-refractivity contribution >= 4 is 11.8 Å². The molecule has 144 valence electrons. The summed E-state index contributed by atoms with van der Waals surface area (Å²) >= 11 is 0. The minimum absolute atomic E-state index is 0.0417. The van der Waals surface area contributed by atoms with Crippen LogP contribution in [0.5, 0.6) is 0 Å². The van der Waals surface area contributed by atoms with Crippen molar-refractivity contribution in [3.8, 4) is 0 Å². The Balaban J connectivity index is 0.00000109. The highest BCUT2D eigenvalue weighted by Gasteiger charge is 2.57. The summed E-state index contributed by atoms with van der Waals surface area (Å²) in [5.74, 6) is 1.36. The average Bonchev–Trinajstić information content (AvgIpc) is 2.93. The van der Waals surface area contributed by atoms with E-state index in [1.807, 2.05) is 20.8 Å². The minimum Gasteiger partial charge on any atom is -0.481 e. The van der Waals surface area contributed by atoms with E-state index < -0.39 is 5.97 Å². The summed E-state index contributed by atoms with van der Waals surface area (Å²) in [5.41, 5.74) is 0.201. The Morgan fingerprint density at radius 2 is 1.88 bits per heavy atom. The summed E-state index contributed by atoms with van der Waals surface area (Å²) in [4.78, 5) is 23.3. The van der Waals surface area contributed by atoms with Gasteiger partial charge in [-0.25, -0.2) is 0 Å². The first kappa shape index (κ1) is 20.4. The number of hydrogen-bond donors (Lipinski definition) is 2. The molecule has 25 heavy (non-hydrogen) atoms. The molecule has 0 spiro atoms. The second-order valence-corrected chi connectivity index (χ2v) is 8.45. The SMILES string of the molecule is CC.C[C@H](O)[C@H]1CC[C@H]2C3CCC(=O)C(CCC(=O)O)C3CCC12C. The van der Waals surface area contributed by atoms with E-state index in [1.54, 1.807) is 0 Å². The average molecular weight is 353 g/mol. The van der Waals surface area contributed by atoms with Gasteiger partial charge in [-0.05, 0) is 74.5 Å². The first-order valence-electron chi connectivity index (χ1n) is 10.3. The van der Waals surface area contributed by atoms with Gasteiger partial charge in [0.05, 0.1) is 6.10 Å². The maximum Gasteiger partial charge on any atom is 0.303 e. The van der Waals surface area contributed by atoms with Crippen molar-refractivity contribution in [1.82, 2.24) is 0 Å². The Kier molecular flexibility index (Phi) is 6.69. The quantitative estimate of drug-likeness (QED) is 0.791. The molecule has 0 aromatic carbocycles. The zero-order valence-corrected chi connectivity index (χ0v) is 16.3. The lowest BCUT2D eigenvalue weighted by Gasteiger charge is -2.53. The third-order valence-electron chi connectivity index (χ3n) is 7.47. The van der Waals surface area contributed by atoms with Crippen LogP contribution in [-0.4, -0.2) is 28.1 Å². The summed E-state index contributed by atoms with van der Waals surface area (Å²) in [7, 11) is 0. The van der Waals surface area contributed by atoms with Gasteiger partial charge < -0.3 is 10.2 Å². The maximum atomic E-state index is 12.4. The molecule has 7 atom stereocenters. The predicted molar refractivity (Wildman–Crippen MR) is 98.2 cm³/mol. The standard InChI is InChI=1S/C19H30O4.C2H6/c1-11(20)15-5-6-16-13-3-7-17(21)14(4-8-18(22)23)12(13)9-10-19(15,16)2;1-2/h11-16,20H,3-10H2,1-2H3,(H,22,23);1-2H3/t11-,12?,13?,14?,15+,16-,19?;/m0./s1. The van der Waals surface area contributed by atoms with E-state index in [1.165, 1.54) is 0 Å². The summed E-state index contributed by atoms with van der Waals surface area (Å²) < 4.78 is 0. The number of carboxylic acid groups (broad SMARTS) is 1. The van der Waals surface area contributed by atoms with Crippen LogP contribution < -0.4 is 0 Å². The van der Waals surface area contributed by atoms with Gasteiger partial charge in [0.15, 0.2) is 0 Å². The molecule has 4 nitrogen and oxygen atoms in total. The van der Waals surface area contributed by atoms with Crippen LogP contribution in [0, 0.1) is 35.0 Å². The van der Waals surface area contributed by atoms with Gasteiger partial charge in [-0.1, -0.05) is 20.8 Å². The Morgan fingerprint density at radius 1 is 1.20 bits per heavy atom. The lowest BCUT2D eigenvalue weighted by atomic mass is 9.52. The van der Waals surface area contributed by atoms with Crippen molar-refractivity contribution in [2.24, 2.45) is 35.0 Å². The van der Waals surface area contributed by atoms with Crippen LogP contribution in [0.1, 0.15) is 79.1 Å². The molecule has 0 aromatic rings. The van der Waals surface area contributed by atoms with E-state index in [9.17, 15) is 14.7 Å². The van der Waals surface area contributed by atoms with Crippen LogP contribution in [0.3, 0.4) is 0 Å². The van der Waals surface area contributed by atoms with Crippen LogP contribution in [0.4, 0.5) is 0 Å². The Labute approximate surface area is 152 Å². The molecule has 0 radical (unpaired) electrons. The van der Waals surface area contributed by atoms with Gasteiger partial charge in [-0.3, -0.25) is 9.59 Å². The van der Waals surface area contributed by atoms with Gasteiger partial charge in [0.25, 0.3) is 0 Å². The van der Waals surface area contributed by atoms with Crippen molar-refractivity contribution in [3.05, 3.63) is 0 Å². The zero-order valence-electron chi connectivity index (χ0n) is 16.3. The van der Waals surface area contributed by atoms with Gasteiger partial charge in [-0.2, -0.15) is 0 Å². The van der Waals surface area contributed by atoms with Gasteiger partial charge in [-0.15, -0.1) is 0 Å². The Hall–Kier alpha value is -0.900. The fourth-order valence-electron chi connectivity index (χ4n) is 6.45. The molecule has 0 bridgehead atoms. The zero-order chi connectivity index (χ0) is 18.8. The van der Waals surface area contributed by atoms with Crippen LogP contribution in [-0.2, 0) is 9.59 Å². The maximum absolute atomic E-state index is 12.4. The molecule has 3 aliphatic rings. The molecule has 0 saturated heterocycles. The monoisotopic (exact) mass is 352 g/mol. The fourth-order valence-corrected chi connectivity index (χ4v) is 6.45. The minimum atomic E-state index is -0.796. The van der Waals surface area contributed by atoms with E-state index in [2.05, 4.69) is 6.92 Å². The molecule has 3 fully saturated rings. The van der Waals surface area contributed by atoms with E-state index in [0.29, 0.717) is 42.3 Å². The summed E-state index contributed by atoms with van der Waals surface area (Å²) in [6.45, 7) is 8.27. The molecule has 2 N–H and O–H groups in total. The number of hydrogen-bond acceptors (Lipinski definition) is 3. The Morgan fingerprint density at radius 3 is 2.48 bits per heavy atom. The normalized spacial score (nSPS) is 41.2. The number of carbonyl (C=O) groups excluding carboxylic acids is 1. The van der Waals surface area contributed by atoms with Crippen LogP contribution in [0.2, 0.25) is 0 Å². The molecule has 4 heteroatoms. The number of aliphatic hydroxyl groups excluding tert-OH is 1. The molecule has 0 aliphatic heterocycles. The number of fused-ring (bicyclic) bond motifs is 3. The van der Waals surface area contributed by atoms with E-state index >= 15 is 0 Å². The molecular weight excluding hydrogens is 316 g/mol. The number of carboxylic acids is 1. The van der Waals surface area contributed by atoms with Gasteiger partial charge >= 0.3 is 5.97 Å². The van der Waals surface area contributed by atoms with E-state index in [-0.39, 0.29) is 23.9 Å². The van der Waals surface area contributed by atoms with Crippen LogP contribution in [0.25, 0.3) is 0 Å². The highest BCUT2D eigenvalue weighted by atomic mass is 16.4. The lowest BCUT2D eigenvalue weighted by Crippen LogP contribution is -2.48. The van der Waals surface area contributed by atoms with Crippen molar-refractivity contribution in [1.29, 1.82) is 0 Å². The second-order valence-electron chi connectivity index (χ2n) is 8.45. The molecule has 0 aromatic heterocycles. The van der Waals surface area contributed by atoms with Crippen molar-refractivity contribution in [2.75, 3.05) is 0 Å². The van der Waals surface area contributed by atoms with Crippen LogP contribution >= 0.6 is 0 Å². The number of aliphatic carboxylic acids is 1. The molecule has 0 amide bonds. The largest absolute Gasteiger partial charge is 0.481 e. The summed E-state index contributed by atoms with van der Waals surface area (Å²) in [6, 6.07) is 0. The number of rotatable bonds is 4. The third kappa shape index (κ3) is 3.79. The summed E-state index contributed by atoms with van der Waals surface area (Å²) in [5, 5.41) is 19.1. The van der Waals surface area contributed by atoms with Gasteiger partial charge in [0.1, 0.15) is 5.78 Å². The summed E-state index contributed by atoms with van der Waals surface area (Å²) in [6.07, 6.45) is 6.31. The first-order valence-corrected chi connectivity index (χ1v) is 10.3. The van der Waals surface area contributed by atoms with Gasteiger partial charge in [0.2, 0.25) is 0 Å². The topological polar surface area (TPSA) is 74.6 Å². The van der Waals surface area contributed by atoms with Crippen molar-refractivity contribution in [2.45, 2.75) is 85.2 Å². The molecule has 4 unspecified atom stereocenters. The lowest BCUT2D eigenvalue weighted by molar-refractivity contribution is -0.140. The highest BCUT2D eigenvalue weighted by molar-refractivity contribution is 5.82. The molecular formula is C21H36O4. The van der Waals surface area contributed by atoms with Crippen molar-refractivity contribution < 1.29 is 19.8 Å². The fraction of sp³-hybridized carbons (Fsp3) is 0.905. The number of carbonyl (C=O) groups is 2. The van der Waals surface area contributed by atoms with E-state index in [0.717, 1.165) is 32.1 Å². The second kappa shape index (κ2) is 8.20. The molecule has 0 heterocycles. The van der Waals surface area contributed by atoms with Crippen molar-refractivity contribution in [3.63, 3.8) is 0 Å². The van der Waals surface area contributed by atoms with E-state index in [4.69, 9.17) is 5.11 Å². The van der Waals surface area contributed by atoms with Gasteiger partial charge in [0, 0.05) is 18.8 Å². The number of ketones is 1. The predicted octanol–water partition coefficient (Wildman–Crippen LogP) is 4.30. The Bertz CT molecular complexity index is 486. The third-order valence-corrected chi connectivity index (χ3v) is 7.47. The van der Waals surface area contributed by atoms with Crippen LogP contribution in [0.15, 0.2) is 0 Å². The smallest absolute Gasteiger partial charge is 0.303 e. The first-order chi connectivity index (χ1) is 11.8. The molecule has 3 rings (SSSR count). The number of Topliss-reactive ketones (excluding diaryl/α,β-unsaturated/α-hetero) is 1. The molecule has 3 saturated carbocycles. The number of aliphatic hydroxyl groups is 1. The molecule has 3 aliphatic carbocycles. The highest BCUT2D eigenvalue weighted by Crippen LogP contribution is 2.62.